The van der Waals surface area contributed by atoms with Gasteiger partial charge in [-0.15, -0.1) is 0 Å². The molecule has 0 aromatic rings. The van der Waals surface area contributed by atoms with Crippen LogP contribution in [0.2, 0.25) is 0 Å². The Morgan fingerprint density at radius 1 is 0.784 bits per heavy atom. The molecular weight excluding hydrogens is 1150 g/mol. The summed E-state index contributed by atoms with van der Waals surface area (Å²) >= 11 is 0. The molecule has 24 nitrogen and oxygen atoms in total. The maximum atomic E-state index is 15.8. The van der Waals surface area contributed by atoms with Gasteiger partial charge in [0.2, 0.25) is 11.3 Å². The lowest BCUT2D eigenvalue weighted by Gasteiger charge is -2.56. The van der Waals surface area contributed by atoms with Crippen molar-refractivity contribution in [1.29, 1.82) is 0 Å². The van der Waals surface area contributed by atoms with E-state index < -0.39 is 185 Å². The van der Waals surface area contributed by atoms with Crippen molar-refractivity contribution >= 4 is 29.6 Å². The Hall–Kier alpha value is -5.25. The number of aliphatic hydroxyl groups is 4. The number of hydrogen-bond acceptors (Lipinski definition) is 22. The summed E-state index contributed by atoms with van der Waals surface area (Å²) < 4.78 is 68.9. The van der Waals surface area contributed by atoms with Gasteiger partial charge in [-0.05, 0) is 103 Å². The maximum absolute atomic E-state index is 15.8. The van der Waals surface area contributed by atoms with Crippen LogP contribution in [0.15, 0.2) is 70.6 Å². The Bertz CT molecular complexity index is 2850. The Labute approximate surface area is 513 Å². The summed E-state index contributed by atoms with van der Waals surface area (Å²) in [6.07, 6.45) is -1.34. The molecule has 0 aromatic heterocycles. The number of ketones is 2. The highest BCUT2D eigenvalue weighted by molar-refractivity contribution is 6.26. The van der Waals surface area contributed by atoms with Crippen LogP contribution in [0.25, 0.3) is 0 Å². The average Bonchev–Trinajstić information content (AvgIpc) is 1.35. The minimum atomic E-state index is -2.14. The van der Waals surface area contributed by atoms with Gasteiger partial charge in [0.25, 0.3) is 0 Å². The molecule has 88 heavy (non-hydrogen) atoms. The van der Waals surface area contributed by atoms with Crippen molar-refractivity contribution in [1.82, 2.24) is 5.32 Å². The first kappa shape index (κ1) is 67.2. The topological polar surface area (TPSA) is 323 Å². The molecule has 0 aromatic carbocycles. The van der Waals surface area contributed by atoms with E-state index >= 15 is 4.79 Å². The molecule has 26 atom stereocenters. The number of amides is 1. The van der Waals surface area contributed by atoms with Gasteiger partial charge >= 0.3 is 18.0 Å². The van der Waals surface area contributed by atoms with Crippen LogP contribution >= 0.6 is 0 Å². The quantitative estimate of drug-likeness (QED) is 0.0253. The van der Waals surface area contributed by atoms with Gasteiger partial charge in [-0.3, -0.25) is 24.5 Å². The van der Waals surface area contributed by atoms with Gasteiger partial charge in [-0.2, -0.15) is 0 Å². The molecule has 488 valence electrons. The van der Waals surface area contributed by atoms with E-state index in [1.54, 1.807) is 33.8 Å². The second kappa shape index (κ2) is 26.5. The standard InChI is InChI=1S/C64H90N2O22/c1-29-14-19-45(84-51-28-62(11,66(76)77)57(37(9)82-51)65-61(75)78-13)30(2)23-42-43(69)24-39(16-15-33(5)67)27-64(42)59(73)52(60(74)88-64)58(72)63(12)41(29)18-17-40-53(63)31(3)22-32(4)55(40)87-50-26-47(56(36(8)81-50)83-38(10)68)86-48-21-20-46(34(6)79-48)85-49-25-44(70)54(71)35(7)80-49/h14-18,23-24,31-32,34-37,40-51,53-57,69-72H,19-22,25-28H2,1-13H3,(H,65,75)/b16-15+,29-14+,30-23+,58-52?/t31-,32-,34-,35-,36-,37+,40-,41-,42+,43-,44+,45-,46+,47+,48-,49+,50-,51-,53+,54-,55-,56-,57-,62-,63+,64-/m0/s1. The minimum absolute atomic E-state index is 0.0964. The molecule has 9 aliphatic rings. The summed E-state index contributed by atoms with van der Waals surface area (Å²) in [6.45, 7) is 20.5. The van der Waals surface area contributed by atoms with Gasteiger partial charge in [-0.25, -0.2) is 9.59 Å². The molecule has 9 rings (SSSR count). The van der Waals surface area contributed by atoms with Crippen molar-refractivity contribution in [3.63, 3.8) is 0 Å². The maximum Gasteiger partial charge on any atom is 0.407 e. The van der Waals surface area contributed by atoms with E-state index in [-0.39, 0.29) is 49.7 Å². The number of rotatable bonds is 13. The normalized spacial score (nSPS) is 45.9. The van der Waals surface area contributed by atoms with E-state index in [1.165, 1.54) is 39.0 Å². The van der Waals surface area contributed by atoms with Gasteiger partial charge in [-0.1, -0.05) is 62.8 Å². The van der Waals surface area contributed by atoms with E-state index in [0.717, 1.165) is 12.7 Å². The fourth-order valence-electron chi connectivity index (χ4n) is 15.8. The minimum Gasteiger partial charge on any atom is -0.511 e. The number of hydrogen-bond donors (Lipinski definition) is 5. The molecule has 24 heteroatoms. The Balaban J connectivity index is 1.05. The SMILES string of the molecule is COC(=O)N[C@H]1[C@@H](C)O[C@@H](O[C@H]2C/C=C(\C)[C@@H]3C=C[C@@H]4[C@@H](O[C@H]5C[C@@H](O[C@H]6CC[C@@H](O[C@@H]7C[C@@H](O)[C@@H](O)[C@H](C)O7)[C@H](C)O6)[C@@H](OC(C)=O)[C@H](C)O5)[C@@H](C)C[C@H](C)[C@H]4[C@]3(C)C(O)=C3C(=O)O[C@]4(CC(/C=C/C(C)=O)=C[C@H](O)[C@H]4/C=C/2C)C3=O)C[C@]1(C)[N+](=O)[O-]. The number of nitro groups is 1. The van der Waals surface area contributed by atoms with Crippen LogP contribution in [0.3, 0.4) is 0 Å². The molecule has 2 bridgehead atoms. The lowest BCUT2D eigenvalue weighted by atomic mass is 9.49. The van der Waals surface area contributed by atoms with Gasteiger partial charge in [0.1, 0.15) is 29.6 Å². The summed E-state index contributed by atoms with van der Waals surface area (Å²) in [4.78, 5) is 80.4. The van der Waals surface area contributed by atoms with E-state index in [0.29, 0.717) is 30.4 Å². The molecule has 4 aliphatic carbocycles. The zero-order valence-electron chi connectivity index (χ0n) is 52.6. The Morgan fingerprint density at radius 3 is 2.11 bits per heavy atom. The van der Waals surface area contributed by atoms with Gasteiger partial charge in [0.15, 0.2) is 42.6 Å². The van der Waals surface area contributed by atoms with Crippen LogP contribution < -0.4 is 5.32 Å². The second-order valence-corrected chi connectivity index (χ2v) is 26.5. The van der Waals surface area contributed by atoms with Crippen molar-refractivity contribution < 1.29 is 101 Å². The molecule has 1 spiro atoms. The highest BCUT2D eigenvalue weighted by Crippen LogP contribution is 2.61. The van der Waals surface area contributed by atoms with Crippen LogP contribution in [0.5, 0.6) is 0 Å². The lowest BCUT2D eigenvalue weighted by Crippen LogP contribution is -2.65. The van der Waals surface area contributed by atoms with Gasteiger partial charge in [0.05, 0.1) is 74.4 Å². The number of Topliss-reactive ketones (excluding diaryl/α,β-unsaturated/α-hetero) is 1. The lowest BCUT2D eigenvalue weighted by molar-refractivity contribution is -0.584. The molecule has 5 heterocycles. The zero-order chi connectivity index (χ0) is 64.2. The molecule has 5 N–H and O–H groups in total. The van der Waals surface area contributed by atoms with Gasteiger partial charge in [0, 0.05) is 61.7 Å². The summed E-state index contributed by atoms with van der Waals surface area (Å²) in [5.74, 6) is -6.57. The van der Waals surface area contributed by atoms with E-state index in [1.807, 2.05) is 32.9 Å². The monoisotopic (exact) mass is 1240 g/mol. The van der Waals surface area contributed by atoms with Crippen molar-refractivity contribution in [3.05, 3.63) is 80.7 Å². The number of nitrogens with one attached hydrogen (secondary N) is 1. The number of methoxy groups -OCH3 is 1. The average molecular weight is 1240 g/mol. The molecule has 0 radical (unpaired) electrons. The fourth-order valence-corrected chi connectivity index (χ4v) is 15.8. The number of aliphatic hydroxyl groups excluding tert-OH is 4. The summed E-state index contributed by atoms with van der Waals surface area (Å²) in [5.41, 5.74) is -4.43. The highest BCUT2D eigenvalue weighted by atomic mass is 16.7. The Morgan fingerprint density at radius 2 is 1.45 bits per heavy atom. The van der Waals surface area contributed by atoms with Crippen LogP contribution in [0.4, 0.5) is 4.79 Å². The predicted octanol–water partition coefficient (Wildman–Crippen LogP) is 6.40. The number of carbonyl (C=O) groups is 5. The van der Waals surface area contributed by atoms with Crippen LogP contribution in [-0.4, -0.2) is 178 Å². The number of esters is 2. The molecule has 6 fully saturated rings. The van der Waals surface area contributed by atoms with Gasteiger partial charge < -0.3 is 77.8 Å². The van der Waals surface area contributed by atoms with E-state index in [4.69, 9.17) is 52.1 Å². The summed E-state index contributed by atoms with van der Waals surface area (Å²) in [6, 6.07) is -1.12. The number of allylic oxidation sites excluding steroid dienone is 5. The molecule has 1 saturated carbocycles. The third-order valence-electron chi connectivity index (χ3n) is 20.2. The third kappa shape index (κ3) is 13.1. The predicted molar refractivity (Wildman–Crippen MR) is 311 cm³/mol. The van der Waals surface area contributed by atoms with E-state index in [2.05, 4.69) is 25.2 Å². The molecule has 5 saturated heterocycles. The van der Waals surface area contributed by atoms with Crippen molar-refractivity contribution in [2.45, 2.75) is 250 Å². The summed E-state index contributed by atoms with van der Waals surface area (Å²) in [5, 5.41) is 61.6. The first-order chi connectivity index (χ1) is 41.4. The van der Waals surface area contributed by atoms with Crippen LogP contribution in [0.1, 0.15) is 134 Å². The molecule has 0 unspecified atom stereocenters. The first-order valence-electron chi connectivity index (χ1n) is 31.0. The highest BCUT2D eigenvalue weighted by Gasteiger charge is 2.65. The smallest absolute Gasteiger partial charge is 0.407 e. The number of carbonyl (C=O) groups excluding carboxylic acids is 5. The summed E-state index contributed by atoms with van der Waals surface area (Å²) in [7, 11) is 1.15. The molecule has 5 aliphatic heterocycles. The zero-order valence-corrected chi connectivity index (χ0v) is 52.6. The van der Waals surface area contributed by atoms with Crippen LogP contribution in [-0.2, 0) is 71.3 Å². The van der Waals surface area contributed by atoms with Crippen molar-refractivity contribution in [3.8, 4) is 0 Å². The third-order valence-corrected chi connectivity index (χ3v) is 20.2. The molecule has 1 amide bonds. The second-order valence-electron chi connectivity index (χ2n) is 26.5. The molecular formula is C64H90N2O22. The number of nitrogens with zero attached hydrogens (tertiary/aromatic N) is 1. The van der Waals surface area contributed by atoms with E-state index in [9.17, 15) is 49.7 Å². The fraction of sp³-hybridized carbons (Fsp3) is 0.734. The number of alkyl carbamates (subject to hydrolysis) is 1. The van der Waals surface area contributed by atoms with Crippen molar-refractivity contribution in [2.24, 2.45) is 40.9 Å². The first-order valence-corrected chi connectivity index (χ1v) is 31.0. The van der Waals surface area contributed by atoms with Crippen LogP contribution in [0, 0.1) is 51.0 Å². The number of ether oxygens (including phenoxy) is 11. The van der Waals surface area contributed by atoms with Crippen molar-refractivity contribution in [2.75, 3.05) is 7.11 Å². The largest absolute Gasteiger partial charge is 0.511 e. The Kier molecular flexibility index (Phi) is 20.2. The number of fused-ring (bicyclic) bond motifs is 4.